The highest BCUT2D eigenvalue weighted by Crippen LogP contribution is 2.26. The fraction of sp³-hybridized carbons (Fsp3) is 0.0667. The van der Waals surface area contributed by atoms with E-state index in [9.17, 15) is 14.4 Å². The molecule has 4 aromatic rings. The topological polar surface area (TPSA) is 103 Å². The Morgan fingerprint density at radius 2 is 1.40 bits per heavy atom. The van der Waals surface area contributed by atoms with Crippen molar-refractivity contribution in [2.75, 3.05) is 6.61 Å². The van der Waals surface area contributed by atoms with Gasteiger partial charge in [0.05, 0.1) is 17.3 Å². The van der Waals surface area contributed by atoms with Gasteiger partial charge in [-0.05, 0) is 85.3 Å². The lowest BCUT2D eigenvalue weighted by molar-refractivity contribution is -0.123. The van der Waals surface area contributed by atoms with Crippen molar-refractivity contribution >= 4 is 47.3 Å². The minimum absolute atomic E-state index is 0.0374. The lowest BCUT2D eigenvalue weighted by Gasteiger charge is -2.11. The van der Waals surface area contributed by atoms with Crippen molar-refractivity contribution in [3.05, 3.63) is 123 Å². The number of nitrogens with one attached hydrogen (secondary N) is 1. The third-order valence-electron chi connectivity index (χ3n) is 5.31. The number of aryl methyl sites for hydroxylation is 1. The van der Waals surface area contributed by atoms with Crippen molar-refractivity contribution in [1.29, 1.82) is 0 Å². The SMILES string of the molecule is Cc1cccc(OCC(=O)N/N=C/c2ccc(OC(=O)c3ccc(Cl)cc3)cc2OC(=O)c2ccc(Cl)cc2)c1. The number of hydrogen-bond donors (Lipinski definition) is 1. The smallest absolute Gasteiger partial charge is 0.343 e. The van der Waals surface area contributed by atoms with Crippen LogP contribution in [0.5, 0.6) is 17.2 Å². The summed E-state index contributed by atoms with van der Waals surface area (Å²) in [5.41, 5.74) is 4.22. The predicted molar refractivity (Wildman–Crippen MR) is 152 cm³/mol. The summed E-state index contributed by atoms with van der Waals surface area (Å²) in [6, 6.07) is 24.0. The Balaban J connectivity index is 1.48. The number of carbonyl (C=O) groups excluding carboxylic acids is 3. The Hall–Kier alpha value is -4.66. The highest BCUT2D eigenvalue weighted by molar-refractivity contribution is 6.31. The van der Waals surface area contributed by atoms with E-state index in [0.717, 1.165) is 5.56 Å². The summed E-state index contributed by atoms with van der Waals surface area (Å²) in [6.45, 7) is 1.66. The Kier molecular flexibility index (Phi) is 9.51. The summed E-state index contributed by atoms with van der Waals surface area (Å²) in [4.78, 5) is 37.5. The molecule has 0 aliphatic rings. The van der Waals surface area contributed by atoms with Gasteiger partial charge in [0.1, 0.15) is 17.2 Å². The number of halogens is 2. The molecular formula is C30H22Cl2N2O6. The van der Waals surface area contributed by atoms with E-state index in [4.69, 9.17) is 37.4 Å². The van der Waals surface area contributed by atoms with Crippen molar-refractivity contribution in [2.24, 2.45) is 5.10 Å². The van der Waals surface area contributed by atoms with E-state index in [1.807, 2.05) is 19.1 Å². The zero-order chi connectivity index (χ0) is 28.5. The molecule has 0 aromatic heterocycles. The first-order valence-electron chi connectivity index (χ1n) is 11.9. The number of hydrogen-bond acceptors (Lipinski definition) is 7. The standard InChI is InChI=1S/C30H22Cl2N2O6/c1-19-3-2-4-25(15-19)38-18-28(35)34-33-17-22-9-14-26(39-29(36)20-5-10-23(31)11-6-20)16-27(22)40-30(37)21-7-12-24(32)13-8-21/h2-17H,18H2,1H3,(H,34,35)/b33-17+. The van der Waals surface area contributed by atoms with Gasteiger partial charge in [0, 0.05) is 21.7 Å². The number of benzene rings is 4. The average Bonchev–Trinajstić information content (AvgIpc) is 2.94. The van der Waals surface area contributed by atoms with Crippen LogP contribution in [0, 0.1) is 6.92 Å². The van der Waals surface area contributed by atoms with Crippen molar-refractivity contribution in [2.45, 2.75) is 6.92 Å². The normalized spacial score (nSPS) is 10.7. The molecule has 202 valence electrons. The lowest BCUT2D eigenvalue weighted by Crippen LogP contribution is -2.24. The van der Waals surface area contributed by atoms with E-state index in [1.165, 1.54) is 48.7 Å². The summed E-state index contributed by atoms with van der Waals surface area (Å²) >= 11 is 11.8. The van der Waals surface area contributed by atoms with Crippen LogP contribution in [0.3, 0.4) is 0 Å². The van der Waals surface area contributed by atoms with Gasteiger partial charge in [0.25, 0.3) is 5.91 Å². The first-order chi connectivity index (χ1) is 19.3. The first-order valence-corrected chi connectivity index (χ1v) is 12.6. The van der Waals surface area contributed by atoms with Crippen LogP contribution in [0.2, 0.25) is 10.0 Å². The fourth-order valence-corrected chi connectivity index (χ4v) is 3.58. The Labute approximate surface area is 240 Å². The van der Waals surface area contributed by atoms with Gasteiger partial charge in [-0.1, -0.05) is 35.3 Å². The molecule has 10 heteroatoms. The third-order valence-corrected chi connectivity index (χ3v) is 5.81. The van der Waals surface area contributed by atoms with Crippen LogP contribution in [0.25, 0.3) is 0 Å². The van der Waals surface area contributed by atoms with Gasteiger partial charge in [-0.15, -0.1) is 0 Å². The van der Waals surface area contributed by atoms with Gasteiger partial charge in [-0.3, -0.25) is 4.79 Å². The molecule has 0 saturated carbocycles. The van der Waals surface area contributed by atoms with Crippen LogP contribution in [0.1, 0.15) is 31.8 Å². The molecular weight excluding hydrogens is 555 g/mol. The predicted octanol–water partition coefficient (Wildman–Crippen LogP) is 6.27. The lowest BCUT2D eigenvalue weighted by atomic mass is 10.2. The highest BCUT2D eigenvalue weighted by Gasteiger charge is 2.15. The number of amides is 1. The maximum Gasteiger partial charge on any atom is 0.343 e. The molecule has 0 bridgehead atoms. The Morgan fingerprint density at radius 1 is 0.775 bits per heavy atom. The van der Waals surface area contributed by atoms with Gasteiger partial charge >= 0.3 is 11.9 Å². The molecule has 4 aromatic carbocycles. The van der Waals surface area contributed by atoms with Crippen LogP contribution in [0.4, 0.5) is 0 Å². The van der Waals surface area contributed by atoms with E-state index < -0.39 is 17.8 Å². The van der Waals surface area contributed by atoms with E-state index in [2.05, 4.69) is 10.5 Å². The summed E-state index contributed by atoms with van der Waals surface area (Å²) < 4.78 is 16.5. The van der Waals surface area contributed by atoms with E-state index in [0.29, 0.717) is 21.4 Å². The molecule has 0 atom stereocenters. The second-order valence-electron chi connectivity index (χ2n) is 8.39. The summed E-state index contributed by atoms with van der Waals surface area (Å²) in [7, 11) is 0. The molecule has 0 aliphatic heterocycles. The molecule has 4 rings (SSSR count). The molecule has 0 radical (unpaired) electrons. The zero-order valence-electron chi connectivity index (χ0n) is 21.1. The summed E-state index contributed by atoms with van der Waals surface area (Å²) in [6.07, 6.45) is 1.29. The highest BCUT2D eigenvalue weighted by atomic mass is 35.5. The fourth-order valence-electron chi connectivity index (χ4n) is 3.33. The van der Waals surface area contributed by atoms with Gasteiger partial charge < -0.3 is 14.2 Å². The van der Waals surface area contributed by atoms with E-state index in [1.54, 1.807) is 36.4 Å². The third kappa shape index (κ3) is 8.17. The van der Waals surface area contributed by atoms with Crippen molar-refractivity contribution in [3.8, 4) is 17.2 Å². The van der Waals surface area contributed by atoms with E-state index >= 15 is 0 Å². The van der Waals surface area contributed by atoms with Crippen molar-refractivity contribution in [1.82, 2.24) is 5.43 Å². The molecule has 0 spiro atoms. The molecule has 8 nitrogen and oxygen atoms in total. The van der Waals surface area contributed by atoms with Crippen LogP contribution < -0.4 is 19.6 Å². The van der Waals surface area contributed by atoms with Crippen LogP contribution >= 0.6 is 23.2 Å². The molecule has 0 heterocycles. The van der Waals surface area contributed by atoms with Gasteiger partial charge in [0.2, 0.25) is 0 Å². The molecule has 40 heavy (non-hydrogen) atoms. The maximum absolute atomic E-state index is 12.8. The van der Waals surface area contributed by atoms with Crippen molar-refractivity contribution in [3.63, 3.8) is 0 Å². The number of esters is 2. The van der Waals surface area contributed by atoms with E-state index in [-0.39, 0.29) is 29.2 Å². The molecule has 1 amide bonds. The number of rotatable bonds is 9. The molecule has 0 aliphatic carbocycles. The van der Waals surface area contributed by atoms with Gasteiger partial charge in [0.15, 0.2) is 6.61 Å². The number of ether oxygens (including phenoxy) is 3. The number of carbonyl (C=O) groups is 3. The largest absolute Gasteiger partial charge is 0.484 e. The summed E-state index contributed by atoms with van der Waals surface area (Å²) in [5, 5.41) is 4.87. The maximum atomic E-state index is 12.8. The Bertz CT molecular complexity index is 1550. The summed E-state index contributed by atoms with van der Waals surface area (Å²) in [5.74, 6) is -1.09. The monoisotopic (exact) mass is 576 g/mol. The second kappa shape index (κ2) is 13.4. The minimum Gasteiger partial charge on any atom is -0.484 e. The van der Waals surface area contributed by atoms with Crippen LogP contribution in [0.15, 0.2) is 96.1 Å². The number of nitrogens with zero attached hydrogens (tertiary/aromatic N) is 1. The molecule has 1 N–H and O–H groups in total. The average molecular weight is 577 g/mol. The molecule has 0 saturated heterocycles. The Morgan fingerprint density at radius 3 is 2.02 bits per heavy atom. The second-order valence-corrected chi connectivity index (χ2v) is 9.26. The van der Waals surface area contributed by atoms with Crippen LogP contribution in [-0.2, 0) is 4.79 Å². The van der Waals surface area contributed by atoms with Gasteiger partial charge in [-0.25, -0.2) is 15.0 Å². The quantitative estimate of drug-likeness (QED) is 0.109. The van der Waals surface area contributed by atoms with Gasteiger partial charge in [-0.2, -0.15) is 5.10 Å². The zero-order valence-corrected chi connectivity index (χ0v) is 22.6. The molecule has 0 fully saturated rings. The minimum atomic E-state index is -0.678. The number of hydrazone groups is 1. The van der Waals surface area contributed by atoms with Crippen molar-refractivity contribution < 1.29 is 28.6 Å². The van der Waals surface area contributed by atoms with Crippen LogP contribution in [-0.4, -0.2) is 30.7 Å². The first kappa shape index (κ1) is 28.4. The molecule has 0 unspecified atom stereocenters.